The van der Waals surface area contributed by atoms with Gasteiger partial charge in [-0.3, -0.25) is 0 Å². The molecule has 1 unspecified atom stereocenters. The summed E-state index contributed by atoms with van der Waals surface area (Å²) in [7, 11) is -3.35. The average molecular weight is 534 g/mol. The van der Waals surface area contributed by atoms with Gasteiger partial charge in [-0.05, 0) is 36.1 Å². The summed E-state index contributed by atoms with van der Waals surface area (Å²) in [5.74, 6) is 0. The number of aliphatic imine (C=N–C) groups is 1. The van der Waals surface area contributed by atoms with Gasteiger partial charge < -0.3 is 31.9 Å². The Bertz CT molecular complexity index is 982. The van der Waals surface area contributed by atoms with E-state index in [0.29, 0.717) is 12.2 Å². The van der Waals surface area contributed by atoms with Gasteiger partial charge in [0, 0.05) is 11.8 Å². The number of nitrogens with two attached hydrogens (primary N) is 2. The van der Waals surface area contributed by atoms with Crippen LogP contribution in [0, 0.1) is 0 Å². The fraction of sp³-hybridized carbons (Fsp3) is 0.318. The molecular weight excluding hydrogens is 498 g/mol. The summed E-state index contributed by atoms with van der Waals surface area (Å²) in [6.45, 7) is 4.55. The first-order chi connectivity index (χ1) is 14.9. The van der Waals surface area contributed by atoms with Crippen LogP contribution in [-0.4, -0.2) is 53.7 Å². The van der Waals surface area contributed by atoms with E-state index in [1.807, 2.05) is 36.4 Å². The maximum absolute atomic E-state index is 12.1. The Morgan fingerprint density at radius 3 is 1.82 bits per heavy atom. The largest absolute Gasteiger partial charge is 0.487 e. The molecule has 0 aliphatic carbocycles. The monoisotopic (exact) mass is 533 g/mol. The topological polar surface area (TPSA) is 180 Å². The molecule has 9 nitrogen and oxygen atoms in total. The number of aliphatic hydroxyl groups is 2. The standard InChI is InChI=1S/C16H15NO3S.C3H8.2CH3NOS.CH4.H2O/c1-21(18,19)15-10-6-5-9-14(15)16(11-20-12-17-16)13-7-3-2-4-8-13;1-3-2;2*2-1(3)4;;/h2-10,12H,11H2,1H3;3H2,1-2H3;2*(H3,2,3,4);1H4;1H2. The van der Waals surface area contributed by atoms with Gasteiger partial charge in [0.05, 0.1) is 4.90 Å². The molecule has 12 heteroatoms. The number of rotatable bonds is 3. The molecule has 3 rings (SSSR count). The van der Waals surface area contributed by atoms with Crippen molar-refractivity contribution in [1.29, 1.82) is 0 Å². The first-order valence-electron chi connectivity index (χ1n) is 9.39. The van der Waals surface area contributed by atoms with Gasteiger partial charge in [0.1, 0.15) is 12.1 Å². The number of aliphatic hydroxyl groups excluding tert-OH is 2. The summed E-state index contributed by atoms with van der Waals surface area (Å²) in [4.78, 5) is 4.76. The van der Waals surface area contributed by atoms with Crippen LogP contribution in [-0.2, 0) is 20.1 Å². The summed E-state index contributed by atoms with van der Waals surface area (Å²) in [5.41, 5.74) is 9.55. The maximum Gasteiger partial charge on any atom is 0.251 e. The molecular formula is C22H35N3O6S3. The van der Waals surface area contributed by atoms with Crippen molar-refractivity contribution in [2.45, 2.75) is 38.1 Å². The normalized spacial score (nSPS) is 15.0. The van der Waals surface area contributed by atoms with Gasteiger partial charge in [-0.1, -0.05) is 76.2 Å². The van der Waals surface area contributed by atoms with Crippen molar-refractivity contribution in [3.05, 3.63) is 65.7 Å². The lowest BCUT2D eigenvalue weighted by Gasteiger charge is -2.27. The Morgan fingerprint density at radius 1 is 1.03 bits per heavy atom. The summed E-state index contributed by atoms with van der Waals surface area (Å²) in [6, 6.07) is 16.6. The van der Waals surface area contributed by atoms with Crippen molar-refractivity contribution in [2.75, 3.05) is 12.9 Å². The highest BCUT2D eigenvalue weighted by atomic mass is 32.2. The molecule has 1 aliphatic rings. The Labute approximate surface area is 212 Å². The smallest absolute Gasteiger partial charge is 0.251 e. The minimum Gasteiger partial charge on any atom is -0.487 e. The average Bonchev–Trinajstić information content (AvgIpc) is 3.19. The van der Waals surface area contributed by atoms with Crippen LogP contribution in [0.15, 0.2) is 64.5 Å². The van der Waals surface area contributed by atoms with Crippen LogP contribution in [0.3, 0.4) is 0 Å². The van der Waals surface area contributed by atoms with Crippen molar-refractivity contribution < 1.29 is 28.8 Å². The molecule has 0 radical (unpaired) electrons. The SMILES string of the molecule is C.CCC.CS(=O)(=O)c1ccccc1C1(c2ccccc2)COC=N1.NC(O)=S.NC(O)=S.O. The number of sulfone groups is 1. The van der Waals surface area contributed by atoms with Crippen LogP contribution in [0.2, 0.25) is 0 Å². The second kappa shape index (κ2) is 17.6. The minimum absolute atomic E-state index is 0. The van der Waals surface area contributed by atoms with E-state index in [1.165, 1.54) is 19.1 Å². The van der Waals surface area contributed by atoms with Gasteiger partial charge >= 0.3 is 0 Å². The Morgan fingerprint density at radius 2 is 1.44 bits per heavy atom. The predicted octanol–water partition coefficient (Wildman–Crippen LogP) is 3.20. The molecule has 34 heavy (non-hydrogen) atoms. The number of hydrogen-bond acceptors (Lipinski definition) is 6. The molecule has 0 aromatic heterocycles. The van der Waals surface area contributed by atoms with E-state index in [9.17, 15) is 8.42 Å². The van der Waals surface area contributed by atoms with Crippen molar-refractivity contribution in [2.24, 2.45) is 16.5 Å². The first-order valence-corrected chi connectivity index (χ1v) is 12.1. The van der Waals surface area contributed by atoms with Gasteiger partial charge in [0.2, 0.25) is 0 Å². The van der Waals surface area contributed by atoms with Crippen molar-refractivity contribution in [1.82, 2.24) is 0 Å². The number of hydrogen-bond donors (Lipinski definition) is 4. The van der Waals surface area contributed by atoms with E-state index in [0.717, 1.165) is 5.56 Å². The van der Waals surface area contributed by atoms with Crippen LogP contribution >= 0.6 is 24.4 Å². The van der Waals surface area contributed by atoms with Gasteiger partial charge in [-0.15, -0.1) is 0 Å². The van der Waals surface area contributed by atoms with Crippen molar-refractivity contribution in [3.8, 4) is 0 Å². The zero-order valence-corrected chi connectivity index (χ0v) is 21.1. The fourth-order valence-corrected chi connectivity index (χ4v) is 3.59. The van der Waals surface area contributed by atoms with Gasteiger partial charge in [-0.2, -0.15) is 0 Å². The fourth-order valence-electron chi connectivity index (χ4n) is 2.63. The molecule has 2 aromatic rings. The summed E-state index contributed by atoms with van der Waals surface area (Å²) >= 11 is 7.74. The lowest BCUT2D eigenvalue weighted by atomic mass is 9.84. The molecule has 0 spiro atoms. The third kappa shape index (κ3) is 12.4. The Kier molecular flexibility index (Phi) is 18.6. The predicted molar refractivity (Wildman–Crippen MR) is 146 cm³/mol. The zero-order chi connectivity index (χ0) is 24.8. The van der Waals surface area contributed by atoms with Crippen LogP contribution < -0.4 is 11.5 Å². The summed E-state index contributed by atoms with van der Waals surface area (Å²) < 4.78 is 29.5. The maximum atomic E-state index is 12.1. The molecule has 192 valence electrons. The third-order valence-electron chi connectivity index (χ3n) is 3.62. The number of ether oxygens (including phenoxy) is 1. The van der Waals surface area contributed by atoms with E-state index < -0.39 is 25.7 Å². The third-order valence-corrected chi connectivity index (χ3v) is 4.78. The molecule has 1 aliphatic heterocycles. The number of nitrogens with zero attached hydrogens (tertiary/aromatic N) is 1. The van der Waals surface area contributed by atoms with Gasteiger partial charge in [-0.25, -0.2) is 13.4 Å². The first kappa shape index (κ1) is 35.8. The molecule has 1 atom stereocenters. The lowest BCUT2D eigenvalue weighted by Crippen LogP contribution is -2.29. The second-order valence-corrected chi connectivity index (χ2v) is 9.24. The van der Waals surface area contributed by atoms with Gasteiger partial charge in [0.25, 0.3) is 10.3 Å². The van der Waals surface area contributed by atoms with E-state index in [-0.39, 0.29) is 17.8 Å². The lowest BCUT2D eigenvalue weighted by molar-refractivity contribution is 0.288. The summed E-state index contributed by atoms with van der Waals surface area (Å²) in [5, 5.41) is 14.1. The number of benzene rings is 2. The molecule has 0 saturated carbocycles. The van der Waals surface area contributed by atoms with E-state index >= 15 is 0 Å². The van der Waals surface area contributed by atoms with E-state index in [1.54, 1.807) is 18.2 Å². The Hall–Kier alpha value is -2.80. The molecule has 0 amide bonds. The Balaban J connectivity index is -0.000000630. The highest BCUT2D eigenvalue weighted by Gasteiger charge is 2.40. The number of thiocarbonyl (C=S) groups is 2. The molecule has 2 aromatic carbocycles. The highest BCUT2D eigenvalue weighted by Crippen LogP contribution is 2.39. The van der Waals surface area contributed by atoms with Gasteiger partial charge in [0.15, 0.2) is 16.2 Å². The quantitative estimate of drug-likeness (QED) is 0.431. The molecule has 1 heterocycles. The molecule has 0 saturated heterocycles. The molecule has 8 N–H and O–H groups in total. The molecule has 0 bridgehead atoms. The van der Waals surface area contributed by atoms with Crippen LogP contribution in [0.25, 0.3) is 0 Å². The van der Waals surface area contributed by atoms with E-state index in [4.69, 9.17) is 14.9 Å². The zero-order valence-electron chi connectivity index (χ0n) is 18.6. The molecule has 0 fully saturated rings. The van der Waals surface area contributed by atoms with Crippen molar-refractivity contribution >= 4 is 51.0 Å². The van der Waals surface area contributed by atoms with Crippen LogP contribution in [0.4, 0.5) is 0 Å². The van der Waals surface area contributed by atoms with Crippen molar-refractivity contribution in [3.63, 3.8) is 0 Å². The summed E-state index contributed by atoms with van der Waals surface area (Å²) in [6.07, 6.45) is 3.86. The van der Waals surface area contributed by atoms with Crippen LogP contribution in [0.1, 0.15) is 38.8 Å². The minimum atomic E-state index is -3.35. The highest BCUT2D eigenvalue weighted by molar-refractivity contribution is 7.90. The van der Waals surface area contributed by atoms with E-state index in [2.05, 4.69) is 54.7 Å². The second-order valence-electron chi connectivity index (χ2n) is 6.42. The van der Waals surface area contributed by atoms with Crippen LogP contribution in [0.5, 0.6) is 0 Å².